The van der Waals surface area contributed by atoms with Crippen LogP contribution in [0.15, 0.2) is 48.5 Å². The average Bonchev–Trinajstić information content (AvgIpc) is 3.25. The predicted octanol–water partition coefficient (Wildman–Crippen LogP) is 5.99. The lowest BCUT2D eigenvalue weighted by Gasteiger charge is -2.35. The number of rotatable bonds is 8. The Balaban J connectivity index is 1.35. The molecule has 0 unspecified atom stereocenters. The van der Waals surface area contributed by atoms with Crippen molar-refractivity contribution in [3.63, 3.8) is 0 Å². The van der Waals surface area contributed by atoms with Crippen LogP contribution in [-0.4, -0.2) is 48.9 Å². The summed E-state index contributed by atoms with van der Waals surface area (Å²) in [4.78, 5) is 18.0. The lowest BCUT2D eigenvalue weighted by Crippen LogP contribution is -2.38. The molecule has 2 N–H and O–H groups in total. The van der Waals surface area contributed by atoms with Gasteiger partial charge in [-0.05, 0) is 62.6 Å². The first-order valence-electron chi connectivity index (χ1n) is 12.0. The number of carbonyl (C=O) groups is 1. The van der Waals surface area contributed by atoms with Crippen molar-refractivity contribution in [2.75, 3.05) is 32.2 Å². The molecular formula is C27H35N3O4. The van der Waals surface area contributed by atoms with Crippen LogP contribution in [0.4, 0.5) is 10.5 Å². The molecule has 4 rings (SSSR count). The minimum atomic E-state index is -0.545. The van der Waals surface area contributed by atoms with Gasteiger partial charge in [-0.1, -0.05) is 32.0 Å². The van der Waals surface area contributed by atoms with Gasteiger partial charge in [0.1, 0.15) is 5.75 Å². The van der Waals surface area contributed by atoms with Gasteiger partial charge in [0.15, 0.2) is 0 Å². The molecule has 1 saturated heterocycles. The number of hydrogen-bond acceptors (Lipinski definition) is 5. The van der Waals surface area contributed by atoms with Crippen molar-refractivity contribution in [3.8, 4) is 11.6 Å². The molecule has 1 aromatic heterocycles. The number of H-pyrrole nitrogens is 1. The molecular weight excluding hydrogens is 430 g/mol. The molecule has 7 nitrogen and oxygen atoms in total. The minimum Gasteiger partial charge on any atom is -0.493 e. The summed E-state index contributed by atoms with van der Waals surface area (Å²) in [6, 6.07) is 16.3. The van der Waals surface area contributed by atoms with Gasteiger partial charge in [0.05, 0.1) is 12.1 Å². The topological polar surface area (TPSA) is 75.8 Å². The van der Waals surface area contributed by atoms with Crippen LogP contribution in [0.25, 0.3) is 10.9 Å². The van der Waals surface area contributed by atoms with Gasteiger partial charge in [-0.2, -0.15) is 0 Å². The standard InChI is InChI=1S/C27H35N3O4/c1-18(2)17-33-25-7-5-6-24-23(25)16-26(29-24)34-27(31)28-21-10-8-20(9-11-21)19(3)30(4)22-12-14-32-15-13-22/h5-11,16,18-19,22,29H,12-15,17H2,1-4H3,(H,28,31)/t19-/m1/s1. The highest BCUT2D eigenvalue weighted by Gasteiger charge is 2.23. The third-order valence-electron chi connectivity index (χ3n) is 6.39. The zero-order valence-corrected chi connectivity index (χ0v) is 20.5. The third-order valence-corrected chi connectivity index (χ3v) is 6.39. The van der Waals surface area contributed by atoms with E-state index in [9.17, 15) is 4.79 Å². The summed E-state index contributed by atoms with van der Waals surface area (Å²) in [7, 11) is 2.17. The van der Waals surface area contributed by atoms with E-state index in [1.807, 2.05) is 30.3 Å². The van der Waals surface area contributed by atoms with Crippen LogP contribution in [-0.2, 0) is 4.74 Å². The van der Waals surface area contributed by atoms with Crippen molar-refractivity contribution < 1.29 is 19.0 Å². The Morgan fingerprint density at radius 2 is 1.88 bits per heavy atom. The van der Waals surface area contributed by atoms with Crippen LogP contribution in [0.3, 0.4) is 0 Å². The number of aromatic nitrogens is 1. The summed E-state index contributed by atoms with van der Waals surface area (Å²) in [5.74, 6) is 1.57. The number of nitrogens with one attached hydrogen (secondary N) is 2. The zero-order chi connectivity index (χ0) is 24.1. The Hall–Kier alpha value is -3.03. The number of nitrogens with zero attached hydrogens (tertiary/aromatic N) is 1. The second-order valence-corrected chi connectivity index (χ2v) is 9.38. The van der Waals surface area contributed by atoms with E-state index < -0.39 is 6.09 Å². The second-order valence-electron chi connectivity index (χ2n) is 9.38. The highest BCUT2D eigenvalue weighted by atomic mass is 16.6. The summed E-state index contributed by atoms with van der Waals surface area (Å²) in [6.07, 6.45) is 1.58. The van der Waals surface area contributed by atoms with Crippen molar-refractivity contribution in [2.45, 2.75) is 45.7 Å². The van der Waals surface area contributed by atoms with E-state index in [4.69, 9.17) is 14.2 Å². The molecule has 0 aliphatic carbocycles. The van der Waals surface area contributed by atoms with Crippen molar-refractivity contribution >= 4 is 22.7 Å². The first kappa shape index (κ1) is 24.1. The monoisotopic (exact) mass is 465 g/mol. The van der Waals surface area contributed by atoms with E-state index in [2.05, 4.69) is 55.2 Å². The molecule has 0 saturated carbocycles. The van der Waals surface area contributed by atoms with Gasteiger partial charge in [0, 0.05) is 42.4 Å². The number of carbonyl (C=O) groups excluding carboxylic acids is 1. The van der Waals surface area contributed by atoms with Crippen molar-refractivity contribution in [3.05, 3.63) is 54.1 Å². The number of hydrogen-bond donors (Lipinski definition) is 2. The van der Waals surface area contributed by atoms with E-state index in [-0.39, 0.29) is 6.04 Å². The average molecular weight is 466 g/mol. The van der Waals surface area contributed by atoms with E-state index in [1.165, 1.54) is 5.56 Å². The van der Waals surface area contributed by atoms with E-state index >= 15 is 0 Å². The van der Waals surface area contributed by atoms with Crippen molar-refractivity contribution in [1.29, 1.82) is 0 Å². The van der Waals surface area contributed by atoms with E-state index in [0.29, 0.717) is 30.1 Å². The smallest absolute Gasteiger partial charge is 0.418 e. The van der Waals surface area contributed by atoms with Crippen molar-refractivity contribution in [1.82, 2.24) is 9.88 Å². The Bertz CT molecular complexity index is 1090. The third kappa shape index (κ3) is 5.90. The summed E-state index contributed by atoms with van der Waals surface area (Å²) >= 11 is 0. The molecule has 1 aliphatic rings. The number of fused-ring (bicyclic) bond motifs is 1. The molecule has 0 spiro atoms. The molecule has 1 aliphatic heterocycles. The quantitative estimate of drug-likeness (QED) is 0.428. The van der Waals surface area contributed by atoms with Gasteiger partial charge in [0.2, 0.25) is 5.88 Å². The molecule has 1 fully saturated rings. The van der Waals surface area contributed by atoms with Gasteiger partial charge in [0.25, 0.3) is 0 Å². The molecule has 34 heavy (non-hydrogen) atoms. The van der Waals surface area contributed by atoms with Gasteiger partial charge < -0.3 is 19.2 Å². The summed E-state index contributed by atoms with van der Waals surface area (Å²) in [5, 5.41) is 3.69. The Kier molecular flexibility index (Phi) is 7.75. The van der Waals surface area contributed by atoms with Crippen molar-refractivity contribution in [2.24, 2.45) is 5.92 Å². The highest BCUT2D eigenvalue weighted by Crippen LogP contribution is 2.30. The molecule has 0 bridgehead atoms. The normalized spacial score (nSPS) is 15.6. The molecule has 3 aromatic rings. The Labute approximate surface area is 201 Å². The second kappa shape index (κ2) is 10.9. The molecule has 1 amide bonds. The maximum absolute atomic E-state index is 12.5. The molecule has 2 aromatic carbocycles. The van der Waals surface area contributed by atoms with Gasteiger partial charge >= 0.3 is 6.09 Å². The lowest BCUT2D eigenvalue weighted by atomic mass is 10.0. The van der Waals surface area contributed by atoms with Crippen LogP contribution >= 0.6 is 0 Å². The minimum absolute atomic E-state index is 0.280. The van der Waals surface area contributed by atoms with Crippen LogP contribution in [0.5, 0.6) is 11.6 Å². The number of aromatic amines is 1. The Morgan fingerprint density at radius 1 is 1.15 bits per heavy atom. The van der Waals surface area contributed by atoms with Gasteiger partial charge in [-0.15, -0.1) is 0 Å². The SMILES string of the molecule is CC(C)COc1cccc2[nH]c(OC(=O)Nc3ccc([C@@H](C)N(C)C4CCOCC4)cc3)cc12. The number of ether oxygens (including phenoxy) is 3. The number of benzene rings is 2. The number of anilines is 1. The fraction of sp³-hybridized carbons (Fsp3) is 0.444. The van der Waals surface area contributed by atoms with Crippen LogP contribution in [0.1, 0.15) is 45.2 Å². The molecule has 7 heteroatoms. The van der Waals surface area contributed by atoms with E-state index in [0.717, 1.165) is 42.7 Å². The molecule has 182 valence electrons. The van der Waals surface area contributed by atoms with Crippen LogP contribution in [0, 0.1) is 5.92 Å². The summed E-state index contributed by atoms with van der Waals surface area (Å²) in [6.45, 7) is 8.70. The molecule has 1 atom stereocenters. The number of amides is 1. The van der Waals surface area contributed by atoms with Gasteiger partial charge in [-0.3, -0.25) is 10.2 Å². The van der Waals surface area contributed by atoms with E-state index in [1.54, 1.807) is 6.07 Å². The summed E-state index contributed by atoms with van der Waals surface area (Å²) < 4.78 is 16.9. The summed E-state index contributed by atoms with van der Waals surface area (Å²) in [5.41, 5.74) is 2.75. The zero-order valence-electron chi connectivity index (χ0n) is 20.5. The van der Waals surface area contributed by atoms with Crippen LogP contribution in [0.2, 0.25) is 0 Å². The fourth-order valence-corrected chi connectivity index (χ4v) is 4.27. The largest absolute Gasteiger partial charge is 0.493 e. The van der Waals surface area contributed by atoms with Gasteiger partial charge in [-0.25, -0.2) is 4.79 Å². The molecule has 0 radical (unpaired) electrons. The maximum Gasteiger partial charge on any atom is 0.418 e. The first-order chi connectivity index (χ1) is 16.4. The fourth-order valence-electron chi connectivity index (χ4n) is 4.27. The maximum atomic E-state index is 12.5. The highest BCUT2D eigenvalue weighted by molar-refractivity contribution is 5.90. The first-order valence-corrected chi connectivity index (χ1v) is 12.0. The predicted molar refractivity (Wildman–Crippen MR) is 135 cm³/mol. The van der Waals surface area contributed by atoms with Crippen LogP contribution < -0.4 is 14.8 Å². The lowest BCUT2D eigenvalue weighted by molar-refractivity contribution is 0.0309. The Morgan fingerprint density at radius 3 is 2.59 bits per heavy atom. The molecule has 2 heterocycles.